The summed E-state index contributed by atoms with van der Waals surface area (Å²) in [6, 6.07) is 0.359. The van der Waals surface area contributed by atoms with Gasteiger partial charge in [-0.15, -0.1) is 0 Å². The van der Waals surface area contributed by atoms with E-state index in [0.29, 0.717) is 12.0 Å². The molecule has 3 fully saturated rings. The lowest BCUT2D eigenvalue weighted by molar-refractivity contribution is 0.0172. The third kappa shape index (κ3) is 1.74. The number of carbonyl (C=O) groups is 1. The summed E-state index contributed by atoms with van der Waals surface area (Å²) in [6.07, 6.45) is 11.2. The van der Waals surface area contributed by atoms with Crippen molar-refractivity contribution in [2.24, 2.45) is 5.92 Å². The number of hydrogen-bond acceptors (Lipinski definition) is 2. The van der Waals surface area contributed by atoms with Crippen LogP contribution in [-0.4, -0.2) is 29.7 Å². The monoisotopic (exact) mass is 237 g/mol. The molecule has 3 heteroatoms. The van der Waals surface area contributed by atoms with Gasteiger partial charge in [-0.2, -0.15) is 0 Å². The molecule has 2 aliphatic carbocycles. The zero-order valence-corrected chi connectivity index (χ0v) is 10.8. The van der Waals surface area contributed by atoms with E-state index in [9.17, 15) is 4.79 Å². The Kier molecular flexibility index (Phi) is 2.80. The van der Waals surface area contributed by atoms with Crippen LogP contribution in [0, 0.1) is 5.92 Å². The van der Waals surface area contributed by atoms with Gasteiger partial charge in [0.2, 0.25) is 0 Å². The van der Waals surface area contributed by atoms with Gasteiger partial charge in [-0.25, -0.2) is 4.79 Å². The highest BCUT2D eigenvalue weighted by molar-refractivity contribution is 5.71. The fourth-order valence-electron chi connectivity index (χ4n) is 4.34. The number of nitrogens with zero attached hydrogens (tertiary/aromatic N) is 1. The first-order chi connectivity index (χ1) is 8.23. The molecular formula is C14H23NO2. The van der Waals surface area contributed by atoms with E-state index in [2.05, 4.69) is 0 Å². The Morgan fingerprint density at radius 3 is 2.41 bits per heavy atom. The van der Waals surface area contributed by atoms with Crippen molar-refractivity contribution >= 4 is 6.09 Å². The van der Waals surface area contributed by atoms with Crippen LogP contribution in [-0.2, 0) is 4.74 Å². The number of carbonyl (C=O) groups excluding carboxylic acids is 1. The summed E-state index contributed by atoms with van der Waals surface area (Å²) in [7, 11) is 1.94. The Labute approximate surface area is 104 Å². The van der Waals surface area contributed by atoms with E-state index in [1.165, 1.54) is 44.9 Å². The van der Waals surface area contributed by atoms with E-state index in [4.69, 9.17) is 4.74 Å². The third-order valence-electron chi connectivity index (χ3n) is 5.08. The molecule has 0 aromatic heterocycles. The van der Waals surface area contributed by atoms with Crippen molar-refractivity contribution < 1.29 is 9.53 Å². The van der Waals surface area contributed by atoms with Gasteiger partial charge in [0.05, 0.1) is 6.04 Å². The molecule has 1 unspecified atom stereocenters. The smallest absolute Gasteiger partial charge is 0.410 e. The van der Waals surface area contributed by atoms with E-state index in [0.717, 1.165) is 12.8 Å². The molecule has 1 aliphatic heterocycles. The van der Waals surface area contributed by atoms with Crippen LogP contribution in [0.3, 0.4) is 0 Å². The summed E-state index contributed by atoms with van der Waals surface area (Å²) in [5.74, 6) is 0.679. The van der Waals surface area contributed by atoms with E-state index >= 15 is 0 Å². The lowest BCUT2D eigenvalue weighted by atomic mass is 9.76. The Morgan fingerprint density at radius 2 is 1.76 bits per heavy atom. The largest absolute Gasteiger partial charge is 0.441 e. The summed E-state index contributed by atoms with van der Waals surface area (Å²) in [4.78, 5) is 13.8. The summed E-state index contributed by atoms with van der Waals surface area (Å²) in [5, 5.41) is 0. The topological polar surface area (TPSA) is 29.5 Å². The van der Waals surface area contributed by atoms with Gasteiger partial charge < -0.3 is 9.64 Å². The van der Waals surface area contributed by atoms with Gasteiger partial charge in [0.25, 0.3) is 0 Å². The van der Waals surface area contributed by atoms with Gasteiger partial charge in [0, 0.05) is 7.05 Å². The van der Waals surface area contributed by atoms with Crippen molar-refractivity contribution in [2.45, 2.75) is 69.4 Å². The minimum Gasteiger partial charge on any atom is -0.441 e. The van der Waals surface area contributed by atoms with Gasteiger partial charge in [-0.1, -0.05) is 19.3 Å². The molecule has 0 aromatic carbocycles. The van der Waals surface area contributed by atoms with Crippen LogP contribution in [0.15, 0.2) is 0 Å². The van der Waals surface area contributed by atoms with Crippen molar-refractivity contribution in [1.82, 2.24) is 4.90 Å². The second-order valence-corrected chi connectivity index (χ2v) is 6.09. The van der Waals surface area contributed by atoms with Crippen molar-refractivity contribution in [3.8, 4) is 0 Å². The Hall–Kier alpha value is -0.730. The number of rotatable bonds is 1. The fourth-order valence-corrected chi connectivity index (χ4v) is 4.34. The van der Waals surface area contributed by atoms with Crippen LogP contribution in [0.1, 0.15) is 57.8 Å². The van der Waals surface area contributed by atoms with Crippen LogP contribution in [0.5, 0.6) is 0 Å². The second-order valence-electron chi connectivity index (χ2n) is 6.09. The predicted octanol–water partition coefficient (Wildman–Crippen LogP) is 3.33. The number of ether oxygens (including phenoxy) is 1. The van der Waals surface area contributed by atoms with E-state index in [1.54, 1.807) is 0 Å². The highest BCUT2D eigenvalue weighted by Gasteiger charge is 2.56. The summed E-state index contributed by atoms with van der Waals surface area (Å²) in [6.45, 7) is 0. The van der Waals surface area contributed by atoms with Crippen molar-refractivity contribution in [2.75, 3.05) is 7.05 Å². The molecule has 0 N–H and O–H groups in total. The Morgan fingerprint density at radius 1 is 1.12 bits per heavy atom. The van der Waals surface area contributed by atoms with E-state index in [-0.39, 0.29) is 11.7 Å². The van der Waals surface area contributed by atoms with E-state index < -0.39 is 0 Å². The van der Waals surface area contributed by atoms with Gasteiger partial charge in [-0.05, 0) is 44.4 Å². The maximum Gasteiger partial charge on any atom is 0.410 e. The summed E-state index contributed by atoms with van der Waals surface area (Å²) in [5.41, 5.74) is -0.117. The molecule has 0 radical (unpaired) electrons. The van der Waals surface area contributed by atoms with Gasteiger partial charge in [0.15, 0.2) is 0 Å². The van der Waals surface area contributed by atoms with E-state index in [1.807, 2.05) is 11.9 Å². The molecule has 96 valence electrons. The van der Waals surface area contributed by atoms with Crippen LogP contribution >= 0.6 is 0 Å². The molecule has 0 aromatic rings. The third-order valence-corrected chi connectivity index (χ3v) is 5.08. The molecule has 3 aliphatic rings. The zero-order valence-electron chi connectivity index (χ0n) is 10.8. The molecule has 1 amide bonds. The lowest BCUT2D eigenvalue weighted by Gasteiger charge is -2.38. The van der Waals surface area contributed by atoms with Crippen LogP contribution in [0.25, 0.3) is 0 Å². The molecular weight excluding hydrogens is 214 g/mol. The SMILES string of the molecule is CN1C(=O)OC2(CCCC2)C1C1CCCCC1. The molecule has 0 bridgehead atoms. The molecule has 17 heavy (non-hydrogen) atoms. The Balaban J connectivity index is 1.85. The number of hydrogen-bond donors (Lipinski definition) is 0. The maximum absolute atomic E-state index is 11.9. The first kappa shape index (κ1) is 11.4. The molecule has 1 atom stereocenters. The van der Waals surface area contributed by atoms with Crippen molar-refractivity contribution in [3.63, 3.8) is 0 Å². The molecule has 1 saturated heterocycles. The summed E-state index contributed by atoms with van der Waals surface area (Å²) < 4.78 is 5.77. The number of likely N-dealkylation sites (N-methyl/N-ethyl adjacent to an activating group) is 1. The van der Waals surface area contributed by atoms with Crippen LogP contribution in [0.4, 0.5) is 4.79 Å². The van der Waals surface area contributed by atoms with Crippen LogP contribution in [0.2, 0.25) is 0 Å². The highest BCUT2D eigenvalue weighted by atomic mass is 16.6. The van der Waals surface area contributed by atoms with Crippen molar-refractivity contribution in [3.05, 3.63) is 0 Å². The molecule has 3 nitrogen and oxygen atoms in total. The van der Waals surface area contributed by atoms with Gasteiger partial charge in [-0.3, -0.25) is 0 Å². The Bertz CT molecular complexity index is 303. The molecule has 3 rings (SSSR count). The quantitative estimate of drug-likeness (QED) is 0.700. The zero-order chi connectivity index (χ0) is 11.9. The molecule has 2 saturated carbocycles. The van der Waals surface area contributed by atoms with Gasteiger partial charge >= 0.3 is 6.09 Å². The highest BCUT2D eigenvalue weighted by Crippen LogP contribution is 2.47. The van der Waals surface area contributed by atoms with Crippen molar-refractivity contribution in [1.29, 1.82) is 0 Å². The lowest BCUT2D eigenvalue weighted by Crippen LogP contribution is -2.48. The first-order valence-corrected chi connectivity index (χ1v) is 7.19. The predicted molar refractivity (Wildman–Crippen MR) is 65.8 cm³/mol. The average Bonchev–Trinajstić information content (AvgIpc) is 2.88. The fraction of sp³-hybridized carbons (Fsp3) is 0.929. The molecule has 1 heterocycles. The normalized spacial score (nSPS) is 33.4. The minimum absolute atomic E-state index is 0.0810. The average molecular weight is 237 g/mol. The van der Waals surface area contributed by atoms with Crippen LogP contribution < -0.4 is 0 Å². The van der Waals surface area contributed by atoms with Gasteiger partial charge in [0.1, 0.15) is 5.60 Å². The summed E-state index contributed by atoms with van der Waals surface area (Å²) >= 11 is 0. The standard InChI is InChI=1S/C14H23NO2/c1-15-12(11-7-3-2-4-8-11)14(17-13(15)16)9-5-6-10-14/h11-12H,2-10H2,1H3. The first-order valence-electron chi connectivity index (χ1n) is 7.19. The second kappa shape index (κ2) is 4.18. The minimum atomic E-state index is -0.117. The maximum atomic E-state index is 11.9. The molecule has 1 spiro atoms. The number of amides is 1.